The van der Waals surface area contributed by atoms with Gasteiger partial charge in [0.15, 0.2) is 5.96 Å². The quantitative estimate of drug-likeness (QED) is 0.320. The van der Waals surface area contributed by atoms with Crippen molar-refractivity contribution in [1.82, 2.24) is 15.2 Å². The Hall–Kier alpha value is -2.31. The lowest BCUT2D eigenvalue weighted by Gasteiger charge is -2.33. The zero-order valence-corrected chi connectivity index (χ0v) is 15.9. The number of aromatic nitrogens is 1. The van der Waals surface area contributed by atoms with Crippen molar-refractivity contribution in [3.8, 4) is 0 Å². The number of hydrogen-bond acceptors (Lipinski definition) is 5. The first-order valence-corrected chi connectivity index (χ1v) is 9.50. The lowest BCUT2D eigenvalue weighted by Crippen LogP contribution is -2.46. The van der Waals surface area contributed by atoms with Crippen LogP contribution >= 0.6 is 0 Å². The number of pyridine rings is 1. The molecule has 26 heavy (non-hydrogen) atoms. The first-order chi connectivity index (χ1) is 12.7. The van der Waals surface area contributed by atoms with Gasteiger partial charge in [-0.05, 0) is 44.7 Å². The number of anilines is 1. The van der Waals surface area contributed by atoms with Gasteiger partial charge in [0.1, 0.15) is 5.82 Å². The third kappa shape index (κ3) is 6.54. The van der Waals surface area contributed by atoms with Crippen LogP contribution in [0.15, 0.2) is 29.4 Å². The molecule has 0 atom stereocenters. The monoisotopic (exact) mass is 361 g/mol. The first-order valence-electron chi connectivity index (χ1n) is 9.50. The highest BCUT2D eigenvalue weighted by atomic mass is 16.5. The van der Waals surface area contributed by atoms with Crippen molar-refractivity contribution in [3.63, 3.8) is 0 Å². The fourth-order valence-corrected chi connectivity index (χ4v) is 3.03. The second kappa shape index (κ2) is 11.3. The van der Waals surface area contributed by atoms with E-state index in [4.69, 9.17) is 9.73 Å². The number of aliphatic imine (C=N–C) groups is 1. The van der Waals surface area contributed by atoms with E-state index in [2.05, 4.69) is 27.4 Å². The Kier molecular flexibility index (Phi) is 8.72. The molecule has 2 N–H and O–H groups in total. The van der Waals surface area contributed by atoms with Crippen molar-refractivity contribution in [2.24, 2.45) is 10.9 Å². The van der Waals surface area contributed by atoms with Gasteiger partial charge in [-0.25, -0.2) is 4.98 Å². The predicted octanol–water partition coefficient (Wildman–Crippen LogP) is 2.12. The van der Waals surface area contributed by atoms with E-state index in [1.807, 2.05) is 18.2 Å². The van der Waals surface area contributed by atoms with Gasteiger partial charge in [0.25, 0.3) is 0 Å². The molecule has 0 radical (unpaired) electrons. The maximum atomic E-state index is 11.6. The standard InChI is InChI=1S/C19H31N5O2/c1-3-20-19(24-14-9-16(10-15-24)18(25)26-2)23-13-7-6-12-22-17-8-4-5-11-21-17/h4-5,8,11,16H,3,6-7,9-10,12-15H2,1-2H3,(H,20,23)(H,21,22). The van der Waals surface area contributed by atoms with Crippen LogP contribution in [-0.4, -0.2) is 61.6 Å². The van der Waals surface area contributed by atoms with Crippen molar-refractivity contribution in [3.05, 3.63) is 24.4 Å². The summed E-state index contributed by atoms with van der Waals surface area (Å²) in [7, 11) is 1.46. The van der Waals surface area contributed by atoms with E-state index in [0.717, 1.165) is 70.2 Å². The molecule has 7 nitrogen and oxygen atoms in total. The van der Waals surface area contributed by atoms with E-state index in [0.29, 0.717) is 0 Å². The van der Waals surface area contributed by atoms with Gasteiger partial charge in [0, 0.05) is 38.9 Å². The number of rotatable bonds is 8. The van der Waals surface area contributed by atoms with Crippen LogP contribution in [0.25, 0.3) is 0 Å². The Labute approximate surface area is 156 Å². The molecule has 0 amide bonds. The molecule has 0 aliphatic carbocycles. The summed E-state index contributed by atoms with van der Waals surface area (Å²) in [5, 5.41) is 6.67. The molecule has 0 bridgehead atoms. The van der Waals surface area contributed by atoms with Gasteiger partial charge in [-0.1, -0.05) is 6.07 Å². The summed E-state index contributed by atoms with van der Waals surface area (Å²) >= 11 is 0. The number of hydrogen-bond donors (Lipinski definition) is 2. The summed E-state index contributed by atoms with van der Waals surface area (Å²) < 4.78 is 4.85. The third-order valence-electron chi connectivity index (χ3n) is 4.48. The number of ether oxygens (including phenoxy) is 1. The fourth-order valence-electron chi connectivity index (χ4n) is 3.03. The maximum Gasteiger partial charge on any atom is 0.308 e. The molecular formula is C19H31N5O2. The number of likely N-dealkylation sites (tertiary alicyclic amines) is 1. The smallest absolute Gasteiger partial charge is 0.308 e. The van der Waals surface area contributed by atoms with Crippen LogP contribution in [0.4, 0.5) is 5.82 Å². The molecule has 2 heterocycles. The van der Waals surface area contributed by atoms with Crippen LogP contribution in [0.3, 0.4) is 0 Å². The normalized spacial score (nSPS) is 15.6. The van der Waals surface area contributed by atoms with Crippen molar-refractivity contribution >= 4 is 17.7 Å². The first kappa shape index (κ1) is 20.0. The minimum atomic E-state index is -0.0907. The lowest BCUT2D eigenvalue weighted by molar-refractivity contribution is -0.146. The average molecular weight is 361 g/mol. The molecule has 2 rings (SSSR count). The molecule has 1 saturated heterocycles. The molecule has 1 aromatic heterocycles. The highest BCUT2D eigenvalue weighted by Crippen LogP contribution is 2.18. The van der Waals surface area contributed by atoms with Gasteiger partial charge in [0.2, 0.25) is 0 Å². The molecule has 0 spiro atoms. The van der Waals surface area contributed by atoms with Gasteiger partial charge < -0.3 is 20.3 Å². The number of methoxy groups -OCH3 is 1. The van der Waals surface area contributed by atoms with Gasteiger partial charge in [-0.3, -0.25) is 9.79 Å². The van der Waals surface area contributed by atoms with Crippen LogP contribution < -0.4 is 10.6 Å². The zero-order valence-electron chi connectivity index (χ0n) is 15.9. The lowest BCUT2D eigenvalue weighted by atomic mass is 9.97. The number of carbonyl (C=O) groups is 1. The van der Waals surface area contributed by atoms with E-state index in [-0.39, 0.29) is 11.9 Å². The van der Waals surface area contributed by atoms with E-state index >= 15 is 0 Å². The van der Waals surface area contributed by atoms with E-state index in [1.54, 1.807) is 6.20 Å². The maximum absolute atomic E-state index is 11.6. The summed E-state index contributed by atoms with van der Waals surface area (Å²) in [6, 6.07) is 5.86. The molecule has 1 aromatic rings. The Balaban J connectivity index is 1.70. The molecule has 0 saturated carbocycles. The molecule has 7 heteroatoms. The van der Waals surface area contributed by atoms with Gasteiger partial charge in [0.05, 0.1) is 13.0 Å². The molecule has 1 aliphatic heterocycles. The Morgan fingerprint density at radius 1 is 1.35 bits per heavy atom. The number of unbranched alkanes of at least 4 members (excludes halogenated alkanes) is 1. The number of esters is 1. The Morgan fingerprint density at radius 2 is 2.15 bits per heavy atom. The van der Waals surface area contributed by atoms with Gasteiger partial charge in [-0.2, -0.15) is 0 Å². The Bertz CT molecular complexity index is 556. The number of piperidine rings is 1. The summed E-state index contributed by atoms with van der Waals surface area (Å²) in [5.41, 5.74) is 0. The van der Waals surface area contributed by atoms with E-state index in [1.165, 1.54) is 7.11 Å². The number of guanidine groups is 1. The van der Waals surface area contributed by atoms with Crippen LogP contribution in [0, 0.1) is 5.92 Å². The number of nitrogens with one attached hydrogen (secondary N) is 2. The molecule has 0 unspecified atom stereocenters. The minimum absolute atomic E-state index is 0.0248. The number of nitrogens with zero attached hydrogens (tertiary/aromatic N) is 3. The van der Waals surface area contributed by atoms with Crippen LogP contribution in [0.1, 0.15) is 32.6 Å². The molecular weight excluding hydrogens is 330 g/mol. The summed E-state index contributed by atoms with van der Waals surface area (Å²) in [5.74, 6) is 1.80. The zero-order chi connectivity index (χ0) is 18.6. The summed E-state index contributed by atoms with van der Waals surface area (Å²) in [6.45, 7) is 6.29. The summed E-state index contributed by atoms with van der Waals surface area (Å²) in [4.78, 5) is 22.9. The molecule has 1 aliphatic rings. The van der Waals surface area contributed by atoms with Gasteiger partial charge >= 0.3 is 5.97 Å². The fraction of sp³-hybridized carbons (Fsp3) is 0.632. The summed E-state index contributed by atoms with van der Waals surface area (Å²) in [6.07, 6.45) is 5.51. The van der Waals surface area contributed by atoms with Crippen molar-refractivity contribution in [1.29, 1.82) is 0 Å². The predicted molar refractivity (Wildman–Crippen MR) is 104 cm³/mol. The van der Waals surface area contributed by atoms with Crippen molar-refractivity contribution < 1.29 is 9.53 Å². The van der Waals surface area contributed by atoms with Crippen molar-refractivity contribution in [2.75, 3.05) is 45.2 Å². The second-order valence-corrected chi connectivity index (χ2v) is 6.37. The highest BCUT2D eigenvalue weighted by molar-refractivity contribution is 5.80. The van der Waals surface area contributed by atoms with E-state index < -0.39 is 0 Å². The van der Waals surface area contributed by atoms with Crippen LogP contribution in [-0.2, 0) is 9.53 Å². The average Bonchev–Trinajstić information content (AvgIpc) is 2.70. The molecule has 0 aromatic carbocycles. The topological polar surface area (TPSA) is 78.9 Å². The SMILES string of the molecule is CCNC(=NCCCCNc1ccccn1)N1CCC(C(=O)OC)CC1. The molecule has 1 fully saturated rings. The third-order valence-corrected chi connectivity index (χ3v) is 4.48. The van der Waals surface area contributed by atoms with Crippen LogP contribution in [0.5, 0.6) is 0 Å². The van der Waals surface area contributed by atoms with Crippen molar-refractivity contribution in [2.45, 2.75) is 32.6 Å². The Morgan fingerprint density at radius 3 is 2.81 bits per heavy atom. The molecule has 144 valence electrons. The second-order valence-electron chi connectivity index (χ2n) is 6.37. The van der Waals surface area contributed by atoms with E-state index in [9.17, 15) is 4.79 Å². The largest absolute Gasteiger partial charge is 0.469 e. The van der Waals surface area contributed by atoms with Crippen LogP contribution in [0.2, 0.25) is 0 Å². The number of carbonyl (C=O) groups excluding carboxylic acids is 1. The van der Waals surface area contributed by atoms with Gasteiger partial charge in [-0.15, -0.1) is 0 Å². The highest BCUT2D eigenvalue weighted by Gasteiger charge is 2.26. The minimum Gasteiger partial charge on any atom is -0.469 e.